The summed E-state index contributed by atoms with van der Waals surface area (Å²) in [5.41, 5.74) is 0. The molecular formula is C9H8BrS. The van der Waals surface area contributed by atoms with Gasteiger partial charge in [0.2, 0.25) is 0 Å². The highest BCUT2D eigenvalue weighted by atomic mass is 79.9. The maximum absolute atomic E-state index is 3.82. The lowest BCUT2D eigenvalue weighted by atomic mass is 10.4. The molecule has 0 unspecified atom stereocenters. The van der Waals surface area contributed by atoms with E-state index in [4.69, 9.17) is 0 Å². The first kappa shape index (κ1) is 8.88. The van der Waals surface area contributed by atoms with E-state index in [0.29, 0.717) is 0 Å². The maximum atomic E-state index is 3.82. The molecule has 0 aliphatic rings. The summed E-state index contributed by atoms with van der Waals surface area (Å²) >= 11 is 5.02. The Hall–Kier alpha value is -0.210. The molecule has 0 amide bonds. The Morgan fingerprint density at radius 2 is 2.45 bits per heavy atom. The molecule has 1 radical (unpaired) electrons. The van der Waals surface area contributed by atoms with E-state index in [-0.39, 0.29) is 0 Å². The van der Waals surface area contributed by atoms with E-state index in [9.17, 15) is 0 Å². The Morgan fingerprint density at radius 1 is 1.73 bits per heavy atom. The Bertz CT molecular complexity index is 268. The van der Waals surface area contributed by atoms with Crippen molar-refractivity contribution in [1.29, 1.82) is 0 Å². The molecule has 0 fully saturated rings. The highest BCUT2D eigenvalue weighted by Crippen LogP contribution is 2.26. The minimum Gasteiger partial charge on any atom is -0.0954 e. The quantitative estimate of drug-likeness (QED) is 0.692. The molecule has 0 spiro atoms. The third-order valence-electron chi connectivity index (χ3n) is 1.03. The predicted octanol–water partition coefficient (Wildman–Crippen LogP) is 3.87. The molecule has 11 heavy (non-hydrogen) atoms. The second kappa shape index (κ2) is 3.98. The van der Waals surface area contributed by atoms with Gasteiger partial charge in [-0.25, -0.2) is 0 Å². The van der Waals surface area contributed by atoms with Crippen molar-refractivity contribution in [2.24, 2.45) is 0 Å². The van der Waals surface area contributed by atoms with Crippen LogP contribution in [0.25, 0.3) is 0 Å². The van der Waals surface area contributed by atoms with E-state index >= 15 is 0 Å². The molecule has 0 aliphatic carbocycles. The molecule has 1 rings (SSSR count). The summed E-state index contributed by atoms with van der Waals surface area (Å²) in [5.74, 6) is 0. The molecule has 0 atom stereocenters. The number of allylic oxidation sites excluding steroid dienone is 1. The summed E-state index contributed by atoms with van der Waals surface area (Å²) in [6.45, 7) is 5.81. The fourth-order valence-electron chi connectivity index (χ4n) is 0.683. The molecule has 0 heterocycles. The van der Waals surface area contributed by atoms with Crippen molar-refractivity contribution in [3.63, 3.8) is 0 Å². The van der Waals surface area contributed by atoms with Crippen molar-refractivity contribution in [3.8, 4) is 0 Å². The molecule has 0 nitrogen and oxygen atoms in total. The average molecular weight is 228 g/mol. The van der Waals surface area contributed by atoms with Crippen LogP contribution in [0.15, 0.2) is 39.1 Å². The second-order valence-corrected chi connectivity index (χ2v) is 4.40. The average Bonchev–Trinajstić information content (AvgIpc) is 1.85. The van der Waals surface area contributed by atoms with Crippen molar-refractivity contribution in [1.82, 2.24) is 0 Å². The normalized spacial score (nSPS) is 9.64. The molecule has 1 aromatic rings. The topological polar surface area (TPSA) is 0 Å². The van der Waals surface area contributed by atoms with Gasteiger partial charge in [0.15, 0.2) is 0 Å². The van der Waals surface area contributed by atoms with E-state index < -0.39 is 0 Å². The zero-order chi connectivity index (χ0) is 8.27. The van der Waals surface area contributed by atoms with E-state index in [2.05, 4.69) is 28.6 Å². The summed E-state index contributed by atoms with van der Waals surface area (Å²) in [6.07, 6.45) is 0. The summed E-state index contributed by atoms with van der Waals surface area (Å²) in [6, 6.07) is 8.96. The molecule has 0 bridgehead atoms. The van der Waals surface area contributed by atoms with Crippen molar-refractivity contribution < 1.29 is 0 Å². The Balaban J connectivity index is 2.79. The van der Waals surface area contributed by atoms with Gasteiger partial charge in [0.1, 0.15) is 0 Å². The predicted molar refractivity (Wildman–Crippen MR) is 53.6 cm³/mol. The van der Waals surface area contributed by atoms with Gasteiger partial charge in [0, 0.05) is 9.37 Å². The Labute approximate surface area is 79.8 Å². The Kier molecular flexibility index (Phi) is 3.21. The molecule has 57 valence electrons. The Morgan fingerprint density at radius 3 is 3.00 bits per heavy atom. The smallest absolute Gasteiger partial charge is 0.0265 e. The van der Waals surface area contributed by atoms with Crippen molar-refractivity contribution >= 4 is 27.7 Å². The number of hydrogen-bond donors (Lipinski definition) is 0. The SMILES string of the molecule is C=C(C)Sc1cc[c]c(Br)c1. The minimum atomic E-state index is 0.990. The zero-order valence-electron chi connectivity index (χ0n) is 6.23. The molecule has 0 aliphatic heterocycles. The van der Waals surface area contributed by atoms with E-state index in [1.807, 2.05) is 25.1 Å². The fourth-order valence-corrected chi connectivity index (χ4v) is 1.93. The fraction of sp³-hybridized carbons (Fsp3) is 0.111. The van der Waals surface area contributed by atoms with Crippen LogP contribution >= 0.6 is 27.7 Å². The highest BCUT2D eigenvalue weighted by Gasteiger charge is 1.93. The maximum Gasteiger partial charge on any atom is 0.0265 e. The van der Waals surface area contributed by atoms with Gasteiger partial charge in [-0.05, 0) is 30.0 Å². The van der Waals surface area contributed by atoms with Crippen LogP contribution in [-0.4, -0.2) is 0 Å². The van der Waals surface area contributed by atoms with Crippen LogP contribution < -0.4 is 0 Å². The van der Waals surface area contributed by atoms with Crippen LogP contribution in [-0.2, 0) is 0 Å². The summed E-state index contributed by atoms with van der Waals surface area (Å²) in [4.78, 5) is 2.30. The van der Waals surface area contributed by atoms with Crippen LogP contribution in [0.3, 0.4) is 0 Å². The van der Waals surface area contributed by atoms with E-state index in [1.54, 1.807) is 11.8 Å². The van der Waals surface area contributed by atoms with Gasteiger partial charge in [-0.15, -0.1) is 0 Å². The van der Waals surface area contributed by atoms with Crippen LogP contribution in [0, 0.1) is 6.07 Å². The van der Waals surface area contributed by atoms with Crippen LogP contribution in [0.4, 0.5) is 0 Å². The van der Waals surface area contributed by atoms with Crippen LogP contribution in [0.1, 0.15) is 6.92 Å². The minimum absolute atomic E-state index is 0.990. The van der Waals surface area contributed by atoms with Gasteiger partial charge in [-0.1, -0.05) is 40.3 Å². The van der Waals surface area contributed by atoms with E-state index in [1.165, 1.54) is 4.90 Å². The third kappa shape index (κ3) is 3.12. The first-order valence-electron chi connectivity index (χ1n) is 3.19. The molecule has 0 aromatic heterocycles. The number of rotatable bonds is 2. The lowest BCUT2D eigenvalue weighted by Gasteiger charge is -1.98. The molecule has 2 heteroatoms. The molecule has 0 saturated heterocycles. The first-order chi connectivity index (χ1) is 5.18. The molecule has 0 saturated carbocycles. The summed E-state index contributed by atoms with van der Waals surface area (Å²) < 4.78 is 0.990. The first-order valence-corrected chi connectivity index (χ1v) is 4.80. The largest absolute Gasteiger partial charge is 0.0954 e. The van der Waals surface area contributed by atoms with Gasteiger partial charge < -0.3 is 0 Å². The summed E-state index contributed by atoms with van der Waals surface area (Å²) in [5, 5.41) is 0. The van der Waals surface area contributed by atoms with Crippen molar-refractivity contribution in [2.75, 3.05) is 0 Å². The second-order valence-electron chi connectivity index (χ2n) is 2.18. The molecular weight excluding hydrogens is 220 g/mol. The number of thioether (sulfide) groups is 1. The molecule has 1 aromatic carbocycles. The van der Waals surface area contributed by atoms with Gasteiger partial charge in [0.05, 0.1) is 0 Å². The lowest BCUT2D eigenvalue weighted by Crippen LogP contribution is -1.70. The number of benzene rings is 1. The van der Waals surface area contributed by atoms with Gasteiger partial charge in [-0.2, -0.15) is 0 Å². The van der Waals surface area contributed by atoms with Gasteiger partial charge >= 0.3 is 0 Å². The van der Waals surface area contributed by atoms with E-state index in [0.717, 1.165) is 9.38 Å². The number of halogens is 1. The van der Waals surface area contributed by atoms with Crippen molar-refractivity contribution in [2.45, 2.75) is 11.8 Å². The standard InChI is InChI=1S/C9H8BrS/c1-7(2)11-9-5-3-4-8(10)6-9/h3,5-6H,1H2,2H3. The van der Waals surface area contributed by atoms with Crippen molar-refractivity contribution in [3.05, 3.63) is 40.2 Å². The van der Waals surface area contributed by atoms with Gasteiger partial charge in [0.25, 0.3) is 0 Å². The highest BCUT2D eigenvalue weighted by molar-refractivity contribution is 9.10. The summed E-state index contributed by atoms with van der Waals surface area (Å²) in [7, 11) is 0. The van der Waals surface area contributed by atoms with Crippen LogP contribution in [0.5, 0.6) is 0 Å². The zero-order valence-corrected chi connectivity index (χ0v) is 8.63. The van der Waals surface area contributed by atoms with Crippen LogP contribution in [0.2, 0.25) is 0 Å². The molecule has 0 N–H and O–H groups in total. The van der Waals surface area contributed by atoms with Gasteiger partial charge in [-0.3, -0.25) is 0 Å². The number of hydrogen-bond acceptors (Lipinski definition) is 1. The third-order valence-corrected chi connectivity index (χ3v) is 2.33. The monoisotopic (exact) mass is 227 g/mol. The lowest BCUT2D eigenvalue weighted by molar-refractivity contribution is 1.43.